The molecule has 0 unspecified atom stereocenters. The minimum atomic E-state index is -0.122. The third-order valence-corrected chi connectivity index (χ3v) is 4.19. The van der Waals surface area contributed by atoms with Crippen LogP contribution < -0.4 is 11.1 Å². The number of amides is 2. The van der Waals surface area contributed by atoms with Gasteiger partial charge in [-0.25, -0.2) is 0 Å². The van der Waals surface area contributed by atoms with Crippen molar-refractivity contribution in [2.24, 2.45) is 12.8 Å². The first-order valence-corrected chi connectivity index (χ1v) is 7.74. The van der Waals surface area contributed by atoms with Gasteiger partial charge in [0.25, 0.3) is 0 Å². The van der Waals surface area contributed by atoms with Crippen molar-refractivity contribution < 1.29 is 9.59 Å². The summed E-state index contributed by atoms with van der Waals surface area (Å²) in [5.74, 6) is 0.650. The SMILES string of the molecule is CN(CC(=O)NC1CC1)C(=O)CSc1nnc(CN)n1C. The van der Waals surface area contributed by atoms with E-state index in [1.807, 2.05) is 7.05 Å². The maximum atomic E-state index is 12.0. The second-order valence-electron chi connectivity index (χ2n) is 5.04. The van der Waals surface area contributed by atoms with E-state index >= 15 is 0 Å². The van der Waals surface area contributed by atoms with E-state index in [-0.39, 0.29) is 24.1 Å². The number of thioether (sulfide) groups is 1. The first-order valence-electron chi connectivity index (χ1n) is 6.75. The van der Waals surface area contributed by atoms with Crippen molar-refractivity contribution in [1.29, 1.82) is 0 Å². The highest BCUT2D eigenvalue weighted by atomic mass is 32.2. The summed E-state index contributed by atoms with van der Waals surface area (Å²) in [6, 6.07) is 0.309. The summed E-state index contributed by atoms with van der Waals surface area (Å²) in [5, 5.41) is 11.4. The highest BCUT2D eigenvalue weighted by Gasteiger charge is 2.24. The Balaban J connectivity index is 1.77. The van der Waals surface area contributed by atoms with Crippen molar-refractivity contribution in [2.75, 3.05) is 19.3 Å². The molecular weight excluding hydrogens is 292 g/mol. The number of nitrogens with two attached hydrogens (primary N) is 1. The molecule has 2 amide bonds. The molecule has 0 saturated heterocycles. The van der Waals surface area contributed by atoms with Gasteiger partial charge in [0, 0.05) is 20.1 Å². The maximum absolute atomic E-state index is 12.0. The molecule has 1 aliphatic rings. The smallest absolute Gasteiger partial charge is 0.239 e. The van der Waals surface area contributed by atoms with E-state index in [9.17, 15) is 9.59 Å². The van der Waals surface area contributed by atoms with E-state index in [1.54, 1.807) is 11.6 Å². The number of likely N-dealkylation sites (N-methyl/N-ethyl adjacent to an activating group) is 1. The van der Waals surface area contributed by atoms with Gasteiger partial charge < -0.3 is 20.5 Å². The molecule has 2 rings (SSSR count). The fraction of sp³-hybridized carbons (Fsp3) is 0.667. The molecule has 0 radical (unpaired) electrons. The molecule has 1 heterocycles. The molecule has 1 saturated carbocycles. The molecule has 3 N–H and O–H groups in total. The van der Waals surface area contributed by atoms with Crippen LogP contribution in [0, 0.1) is 0 Å². The average Bonchev–Trinajstić information content (AvgIpc) is 3.18. The number of aromatic nitrogens is 3. The minimum Gasteiger partial charge on any atom is -0.352 e. The van der Waals surface area contributed by atoms with Crippen molar-refractivity contribution in [3.05, 3.63) is 5.82 Å². The molecule has 21 heavy (non-hydrogen) atoms. The van der Waals surface area contributed by atoms with Crippen LogP contribution in [0.5, 0.6) is 0 Å². The zero-order valence-corrected chi connectivity index (χ0v) is 13.0. The van der Waals surface area contributed by atoms with Gasteiger partial charge >= 0.3 is 0 Å². The second-order valence-corrected chi connectivity index (χ2v) is 5.98. The van der Waals surface area contributed by atoms with E-state index in [0.717, 1.165) is 12.8 Å². The van der Waals surface area contributed by atoms with Crippen LogP contribution in [0.3, 0.4) is 0 Å². The number of nitrogens with one attached hydrogen (secondary N) is 1. The van der Waals surface area contributed by atoms with Gasteiger partial charge in [-0.15, -0.1) is 10.2 Å². The van der Waals surface area contributed by atoms with Crippen molar-refractivity contribution in [1.82, 2.24) is 25.0 Å². The van der Waals surface area contributed by atoms with Crippen molar-refractivity contribution >= 4 is 23.6 Å². The van der Waals surface area contributed by atoms with Crippen LogP contribution in [-0.4, -0.2) is 56.9 Å². The normalized spacial score (nSPS) is 14.0. The molecule has 0 aromatic carbocycles. The Morgan fingerprint density at radius 1 is 1.48 bits per heavy atom. The highest BCUT2D eigenvalue weighted by molar-refractivity contribution is 7.99. The molecule has 1 aromatic rings. The van der Waals surface area contributed by atoms with Crippen LogP contribution in [0.1, 0.15) is 18.7 Å². The molecule has 1 aromatic heterocycles. The van der Waals surface area contributed by atoms with Gasteiger partial charge in [0.15, 0.2) is 5.16 Å². The molecule has 0 atom stereocenters. The number of rotatable bonds is 7. The summed E-state index contributed by atoms with van der Waals surface area (Å²) in [7, 11) is 3.43. The fourth-order valence-corrected chi connectivity index (χ4v) is 2.56. The molecule has 1 fully saturated rings. The van der Waals surface area contributed by atoms with Crippen LogP contribution in [-0.2, 0) is 23.2 Å². The Labute approximate surface area is 127 Å². The van der Waals surface area contributed by atoms with Crippen LogP contribution in [0.2, 0.25) is 0 Å². The third-order valence-electron chi connectivity index (χ3n) is 3.18. The van der Waals surface area contributed by atoms with E-state index in [4.69, 9.17) is 5.73 Å². The summed E-state index contributed by atoms with van der Waals surface area (Å²) in [6.07, 6.45) is 2.07. The van der Waals surface area contributed by atoms with E-state index in [0.29, 0.717) is 23.6 Å². The zero-order valence-electron chi connectivity index (χ0n) is 12.2. The lowest BCUT2D eigenvalue weighted by atomic mass is 10.5. The van der Waals surface area contributed by atoms with Crippen LogP contribution in [0.25, 0.3) is 0 Å². The van der Waals surface area contributed by atoms with Crippen LogP contribution >= 0.6 is 11.8 Å². The maximum Gasteiger partial charge on any atom is 0.239 e. The number of carbonyl (C=O) groups excluding carboxylic acids is 2. The summed E-state index contributed by atoms with van der Waals surface area (Å²) in [5.41, 5.74) is 5.52. The van der Waals surface area contributed by atoms with Crippen LogP contribution in [0.4, 0.5) is 0 Å². The minimum absolute atomic E-state index is 0.0861. The Kier molecular flexibility index (Phi) is 5.18. The molecule has 1 aliphatic carbocycles. The molecule has 116 valence electrons. The van der Waals surface area contributed by atoms with Gasteiger partial charge in [0.2, 0.25) is 11.8 Å². The van der Waals surface area contributed by atoms with Gasteiger partial charge in [0.05, 0.1) is 18.8 Å². The lowest BCUT2D eigenvalue weighted by molar-refractivity contribution is -0.132. The largest absolute Gasteiger partial charge is 0.352 e. The summed E-state index contributed by atoms with van der Waals surface area (Å²) in [6.45, 7) is 0.391. The second kappa shape index (κ2) is 6.90. The summed E-state index contributed by atoms with van der Waals surface area (Å²) < 4.78 is 1.76. The van der Waals surface area contributed by atoms with Gasteiger partial charge in [-0.3, -0.25) is 9.59 Å². The molecule has 0 aliphatic heterocycles. The van der Waals surface area contributed by atoms with Crippen molar-refractivity contribution in [3.63, 3.8) is 0 Å². The van der Waals surface area contributed by atoms with E-state index in [2.05, 4.69) is 15.5 Å². The quantitative estimate of drug-likeness (QED) is 0.632. The number of hydrogen-bond acceptors (Lipinski definition) is 6. The van der Waals surface area contributed by atoms with Gasteiger partial charge in [-0.05, 0) is 12.8 Å². The third kappa shape index (κ3) is 4.43. The predicted octanol–water partition coefficient (Wildman–Crippen LogP) is -0.897. The summed E-state index contributed by atoms with van der Waals surface area (Å²) in [4.78, 5) is 25.0. The van der Waals surface area contributed by atoms with Gasteiger partial charge in [0.1, 0.15) is 5.82 Å². The number of nitrogens with zero attached hydrogens (tertiary/aromatic N) is 4. The first-order chi connectivity index (χ1) is 10.0. The predicted molar refractivity (Wildman–Crippen MR) is 78.4 cm³/mol. The van der Waals surface area contributed by atoms with Crippen molar-refractivity contribution in [2.45, 2.75) is 30.6 Å². The Hall–Kier alpha value is -1.61. The Morgan fingerprint density at radius 2 is 2.19 bits per heavy atom. The Morgan fingerprint density at radius 3 is 2.76 bits per heavy atom. The monoisotopic (exact) mass is 312 g/mol. The van der Waals surface area contributed by atoms with Crippen molar-refractivity contribution in [3.8, 4) is 0 Å². The summed E-state index contributed by atoms with van der Waals surface area (Å²) >= 11 is 1.28. The molecule has 8 nitrogen and oxygen atoms in total. The van der Waals surface area contributed by atoms with E-state index < -0.39 is 0 Å². The molecule has 9 heteroatoms. The molecule has 0 spiro atoms. The molecule has 0 bridgehead atoms. The lowest BCUT2D eigenvalue weighted by Gasteiger charge is -2.16. The first kappa shape index (κ1) is 15.8. The highest BCUT2D eigenvalue weighted by Crippen LogP contribution is 2.18. The fourth-order valence-electron chi connectivity index (χ4n) is 1.69. The Bertz CT molecular complexity index is 528. The van der Waals surface area contributed by atoms with Gasteiger partial charge in [-0.2, -0.15) is 0 Å². The number of carbonyl (C=O) groups is 2. The lowest BCUT2D eigenvalue weighted by Crippen LogP contribution is -2.39. The topological polar surface area (TPSA) is 106 Å². The van der Waals surface area contributed by atoms with E-state index in [1.165, 1.54) is 16.7 Å². The van der Waals surface area contributed by atoms with Gasteiger partial charge in [-0.1, -0.05) is 11.8 Å². The average molecular weight is 312 g/mol. The molecular formula is C12H20N6O2S. The van der Waals surface area contributed by atoms with Crippen LogP contribution in [0.15, 0.2) is 5.16 Å². The number of hydrogen-bond donors (Lipinski definition) is 2. The zero-order chi connectivity index (χ0) is 15.4. The standard InChI is InChI=1S/C12H20N6O2S/c1-17(6-10(19)14-8-3-4-8)11(20)7-21-12-16-15-9(5-13)18(12)2/h8H,3-7,13H2,1-2H3,(H,14,19).